The lowest BCUT2D eigenvalue weighted by atomic mass is 9.38. The third kappa shape index (κ3) is 6.08. The molecular formula is C60H90O9. The molecule has 0 aliphatic heterocycles. The number of aliphatic hydroxyl groups is 3. The molecule has 18 bridgehead atoms. The molecule has 0 radical (unpaired) electrons. The molecule has 19 aliphatic rings. The quantitative estimate of drug-likeness (QED) is 0.152. The van der Waals surface area contributed by atoms with Crippen molar-refractivity contribution in [1.82, 2.24) is 0 Å². The molecule has 69 heavy (non-hydrogen) atoms. The van der Waals surface area contributed by atoms with Gasteiger partial charge in [0.2, 0.25) is 0 Å². The first-order valence-electron chi connectivity index (χ1n) is 29.3. The van der Waals surface area contributed by atoms with Crippen LogP contribution < -0.4 is 0 Å². The van der Waals surface area contributed by atoms with Crippen LogP contribution in [0.25, 0.3) is 0 Å². The van der Waals surface area contributed by atoms with Crippen LogP contribution >= 0.6 is 0 Å². The van der Waals surface area contributed by atoms with Gasteiger partial charge in [-0.3, -0.25) is 14.4 Å². The molecule has 9 nitrogen and oxygen atoms in total. The van der Waals surface area contributed by atoms with Gasteiger partial charge in [-0.25, -0.2) is 0 Å². The minimum Gasteiger partial charge on any atom is -0.459 e. The molecule has 19 saturated carbocycles. The molecule has 0 aromatic rings. The number of hydrogen-bond acceptors (Lipinski definition) is 9. The van der Waals surface area contributed by atoms with Crippen molar-refractivity contribution in [3.8, 4) is 0 Å². The number of carbonyl (C=O) groups is 3. The zero-order valence-corrected chi connectivity index (χ0v) is 43.9. The van der Waals surface area contributed by atoms with Crippen molar-refractivity contribution >= 4 is 17.9 Å². The fourth-order valence-corrected chi connectivity index (χ4v) is 23.2. The summed E-state index contributed by atoms with van der Waals surface area (Å²) in [6.07, 6.45) is 25.4. The van der Waals surface area contributed by atoms with E-state index < -0.39 is 16.6 Å². The van der Waals surface area contributed by atoms with Gasteiger partial charge in [-0.2, -0.15) is 0 Å². The van der Waals surface area contributed by atoms with Crippen LogP contribution in [0.2, 0.25) is 0 Å². The van der Waals surface area contributed by atoms with Gasteiger partial charge in [0.1, 0.15) is 16.8 Å². The highest BCUT2D eigenvalue weighted by molar-refractivity contribution is 5.77. The minimum atomic E-state index is -0.447. The second-order valence-electron chi connectivity index (χ2n) is 30.2. The Hall–Kier alpha value is -1.71. The van der Waals surface area contributed by atoms with Crippen molar-refractivity contribution in [2.24, 2.45) is 110 Å². The fourth-order valence-electron chi connectivity index (χ4n) is 23.2. The van der Waals surface area contributed by atoms with Gasteiger partial charge >= 0.3 is 17.9 Å². The van der Waals surface area contributed by atoms with Crippen LogP contribution in [0.4, 0.5) is 0 Å². The Morgan fingerprint density at radius 2 is 0.942 bits per heavy atom. The van der Waals surface area contributed by atoms with E-state index in [1.807, 2.05) is 34.6 Å². The SMILES string of the molecule is CCC(C)(C)C(=O)OC12CC3C4CCC5(O)CC3C(C1)C(C5)C4C2.CCC(C)(C)C(=O)OC12CC3CC4C5(O)CC(CC1C5)CC42C3.CCC(C)C(=O)OC12CC3CC4C5(O)CC(CC1C5)CC42C3. The van der Waals surface area contributed by atoms with E-state index in [0.717, 1.165) is 102 Å². The lowest BCUT2D eigenvalue weighted by Crippen LogP contribution is -2.73. The van der Waals surface area contributed by atoms with Gasteiger partial charge in [0, 0.05) is 22.7 Å². The second-order valence-corrected chi connectivity index (χ2v) is 30.2. The van der Waals surface area contributed by atoms with E-state index in [1.54, 1.807) is 0 Å². The first kappa shape index (κ1) is 47.0. The summed E-state index contributed by atoms with van der Waals surface area (Å²) in [7, 11) is 0. The molecule has 384 valence electrons. The topological polar surface area (TPSA) is 140 Å². The second kappa shape index (κ2) is 14.6. The molecule has 0 heterocycles. The summed E-state index contributed by atoms with van der Waals surface area (Å²) in [6, 6.07) is 0. The van der Waals surface area contributed by atoms with Gasteiger partial charge in [-0.15, -0.1) is 0 Å². The van der Waals surface area contributed by atoms with Crippen molar-refractivity contribution < 1.29 is 43.9 Å². The zero-order valence-electron chi connectivity index (χ0n) is 43.9. The minimum absolute atomic E-state index is 0.000128. The van der Waals surface area contributed by atoms with Crippen LogP contribution in [-0.2, 0) is 28.6 Å². The van der Waals surface area contributed by atoms with Crippen molar-refractivity contribution in [3.63, 3.8) is 0 Å². The van der Waals surface area contributed by atoms with Crippen LogP contribution in [0.15, 0.2) is 0 Å². The lowest BCUT2D eigenvalue weighted by molar-refractivity contribution is -0.305. The van der Waals surface area contributed by atoms with Gasteiger partial charge in [-0.1, -0.05) is 27.7 Å². The summed E-state index contributed by atoms with van der Waals surface area (Å²) in [5.74, 6) is 8.62. The Morgan fingerprint density at radius 1 is 0.522 bits per heavy atom. The van der Waals surface area contributed by atoms with E-state index in [1.165, 1.54) is 57.8 Å². The average Bonchev–Trinajstić information content (AvgIpc) is 3.99. The molecule has 19 atom stereocenters. The number of hydrogen-bond donors (Lipinski definition) is 3. The van der Waals surface area contributed by atoms with Crippen molar-refractivity contribution in [3.05, 3.63) is 0 Å². The van der Waals surface area contributed by atoms with Crippen molar-refractivity contribution in [2.75, 3.05) is 0 Å². The highest BCUT2D eigenvalue weighted by atomic mass is 16.6. The molecule has 3 N–H and O–H groups in total. The fraction of sp³-hybridized carbons (Fsp3) is 0.950. The average molecular weight is 955 g/mol. The van der Waals surface area contributed by atoms with Gasteiger partial charge in [0.05, 0.1) is 33.6 Å². The molecule has 0 aromatic carbocycles. The molecule has 0 saturated heterocycles. The monoisotopic (exact) mass is 955 g/mol. The summed E-state index contributed by atoms with van der Waals surface area (Å²) >= 11 is 0. The zero-order chi connectivity index (χ0) is 48.5. The molecule has 19 fully saturated rings. The third-order valence-corrected chi connectivity index (χ3v) is 26.3. The first-order chi connectivity index (χ1) is 32.4. The summed E-state index contributed by atoms with van der Waals surface area (Å²) in [5.41, 5.74) is -2.42. The maximum absolute atomic E-state index is 12.9. The molecule has 0 aromatic heterocycles. The van der Waals surface area contributed by atoms with E-state index in [-0.39, 0.29) is 62.5 Å². The van der Waals surface area contributed by atoms with E-state index in [9.17, 15) is 29.7 Å². The van der Waals surface area contributed by atoms with Crippen LogP contribution in [0, 0.1) is 110 Å². The van der Waals surface area contributed by atoms with E-state index in [4.69, 9.17) is 14.2 Å². The van der Waals surface area contributed by atoms with E-state index in [0.29, 0.717) is 76.9 Å². The maximum atomic E-state index is 12.9. The molecular weight excluding hydrogens is 865 g/mol. The van der Waals surface area contributed by atoms with Crippen molar-refractivity contribution in [1.29, 1.82) is 0 Å². The molecule has 0 amide bonds. The number of esters is 3. The maximum Gasteiger partial charge on any atom is 0.312 e. The van der Waals surface area contributed by atoms with Crippen LogP contribution in [-0.4, -0.2) is 66.8 Å². The number of carbonyl (C=O) groups excluding carboxylic acids is 3. The summed E-state index contributed by atoms with van der Waals surface area (Å²) in [5, 5.41) is 33.6. The highest BCUT2D eigenvalue weighted by Crippen LogP contribution is 2.82. The van der Waals surface area contributed by atoms with Crippen LogP contribution in [0.3, 0.4) is 0 Å². The normalized spacial score (nSPS) is 55.9. The van der Waals surface area contributed by atoms with Crippen LogP contribution in [0.1, 0.15) is 209 Å². The molecule has 9 heteroatoms. The van der Waals surface area contributed by atoms with Crippen LogP contribution in [0.5, 0.6) is 0 Å². The largest absolute Gasteiger partial charge is 0.459 e. The lowest BCUT2D eigenvalue weighted by Gasteiger charge is -2.70. The Kier molecular flexibility index (Phi) is 9.93. The number of fused-ring (bicyclic) bond motifs is 3. The third-order valence-electron chi connectivity index (χ3n) is 26.3. The van der Waals surface area contributed by atoms with Gasteiger partial charge in [-0.05, 0) is 253 Å². The molecule has 19 rings (SSSR count). The Bertz CT molecular complexity index is 2160. The first-order valence-corrected chi connectivity index (χ1v) is 29.3. The standard InChI is InChI=1S/C21H32O3.C20H30O3.C19H28O3/c1-4-19(2,3)18(22)24-21-9-15-12-5-6-20(23)7-13(15)17(11-21)14(8-20)16(12)10-21;1-4-17(2,3)16(21)23-20-10-13-6-15-18(20,8-13)7-12-5-14(20)11-19(15,22)9-12;1-3-11(2)16(20)22-19-9-13-5-15-17(19,7-13)6-12-4-14(19)10-18(15,21)8-12/h12-17,23H,4-11H2,1-3H3;12-15,22H,4-11H2,1-3H3;11-15,21H,3-10H2,1-2H3. The summed E-state index contributed by atoms with van der Waals surface area (Å²) < 4.78 is 19.2. The number of ether oxygens (including phenoxy) is 3. The highest BCUT2D eigenvalue weighted by Gasteiger charge is 2.83. The Balaban J connectivity index is 0.000000102. The smallest absolute Gasteiger partial charge is 0.312 e. The molecule has 2 spiro atoms. The Morgan fingerprint density at radius 3 is 1.41 bits per heavy atom. The van der Waals surface area contributed by atoms with Crippen molar-refractivity contribution in [2.45, 2.75) is 243 Å². The summed E-state index contributed by atoms with van der Waals surface area (Å²) in [4.78, 5) is 38.3. The predicted octanol–water partition coefficient (Wildman–Crippen LogP) is 10.9. The predicted molar refractivity (Wildman–Crippen MR) is 260 cm³/mol. The van der Waals surface area contributed by atoms with E-state index in [2.05, 4.69) is 20.8 Å². The number of rotatable bonds is 9. The van der Waals surface area contributed by atoms with Gasteiger partial charge in [0.15, 0.2) is 0 Å². The van der Waals surface area contributed by atoms with Gasteiger partial charge in [0.25, 0.3) is 0 Å². The van der Waals surface area contributed by atoms with E-state index >= 15 is 0 Å². The molecule has 19 unspecified atom stereocenters. The Labute approximate surface area is 413 Å². The summed E-state index contributed by atoms with van der Waals surface area (Å²) in [6.45, 7) is 16.3. The molecule has 19 aliphatic carbocycles. The van der Waals surface area contributed by atoms with Gasteiger partial charge < -0.3 is 29.5 Å².